The third-order valence-corrected chi connectivity index (χ3v) is 8.82. The van der Waals surface area contributed by atoms with Crippen LogP contribution in [-0.4, -0.2) is 23.8 Å². The largest absolute Gasteiger partial charge is 0.477 e. The molecular weight excluding hydrogens is 788 g/mol. The third-order valence-electron chi connectivity index (χ3n) is 6.16. The number of hydrogen-bond acceptors (Lipinski definition) is 7. The number of fused-ring (bicyclic) bond motifs is 1. The minimum absolute atomic E-state index is 0.126. The number of carbonyl (C=O) groups is 1. The van der Waals surface area contributed by atoms with E-state index in [-0.39, 0.29) is 24.3 Å². The number of halogens is 3. The summed E-state index contributed by atoms with van der Waals surface area (Å²) in [6, 6.07) is 21.4. The highest BCUT2D eigenvalue weighted by Crippen LogP contribution is 2.35. The first-order valence-electron chi connectivity index (χ1n) is 12.3. The van der Waals surface area contributed by atoms with Crippen molar-refractivity contribution < 1.29 is 14.3 Å². The van der Waals surface area contributed by atoms with Crippen molar-refractivity contribution in [1.82, 2.24) is 4.57 Å². The van der Waals surface area contributed by atoms with Crippen molar-refractivity contribution in [3.63, 3.8) is 0 Å². The van der Waals surface area contributed by atoms with Crippen LogP contribution in [0.5, 0.6) is 5.75 Å². The maximum atomic E-state index is 14.1. The van der Waals surface area contributed by atoms with Gasteiger partial charge in [0.25, 0.3) is 5.56 Å². The number of thiazole rings is 1. The van der Waals surface area contributed by atoms with E-state index >= 15 is 0 Å². The van der Waals surface area contributed by atoms with Crippen LogP contribution < -0.4 is 19.6 Å². The maximum absolute atomic E-state index is 14.1. The molecule has 1 atom stereocenters. The summed E-state index contributed by atoms with van der Waals surface area (Å²) < 4.78 is 14.9. The number of nitrogens with zero attached hydrogens (tertiary/aromatic N) is 3. The van der Waals surface area contributed by atoms with E-state index in [2.05, 4.69) is 45.2 Å². The average Bonchev–Trinajstić information content (AvgIpc) is 3.27. The Morgan fingerprint density at radius 1 is 1.17 bits per heavy atom. The van der Waals surface area contributed by atoms with Crippen molar-refractivity contribution in [3.05, 3.63) is 121 Å². The van der Waals surface area contributed by atoms with E-state index in [1.54, 1.807) is 37.3 Å². The highest BCUT2D eigenvalue weighted by molar-refractivity contribution is 14.1. The highest BCUT2D eigenvalue weighted by atomic mass is 127. The van der Waals surface area contributed by atoms with Gasteiger partial charge >= 0.3 is 5.97 Å². The number of rotatable bonds is 7. The van der Waals surface area contributed by atoms with Crippen LogP contribution in [0.4, 0.5) is 0 Å². The molecule has 3 aromatic carbocycles. The first kappa shape index (κ1) is 29.5. The fourth-order valence-electron chi connectivity index (χ4n) is 4.49. The quantitative estimate of drug-likeness (QED) is 0.177. The van der Waals surface area contributed by atoms with E-state index in [0.717, 1.165) is 12.7 Å². The Kier molecular flexibility index (Phi) is 9.28. The summed E-state index contributed by atoms with van der Waals surface area (Å²) in [4.78, 5) is 33.0. The lowest BCUT2D eigenvalue weighted by molar-refractivity contribution is -0.138. The summed E-state index contributed by atoms with van der Waals surface area (Å²) in [5.41, 5.74) is 2.47. The minimum Gasteiger partial charge on any atom is -0.477 e. The number of esters is 1. The molecule has 0 bridgehead atoms. The second-order valence-electron chi connectivity index (χ2n) is 8.74. The summed E-state index contributed by atoms with van der Waals surface area (Å²) in [7, 11) is 0. The topological polar surface area (TPSA) is 93.7 Å². The Hall–Kier alpha value is -2.99. The molecule has 0 spiro atoms. The normalized spacial score (nSPS) is 14.7. The fraction of sp³-hybridized carbons (Fsp3) is 0.133. The molecule has 1 aliphatic heterocycles. The molecule has 7 nitrogen and oxygen atoms in total. The molecule has 0 saturated heterocycles. The van der Waals surface area contributed by atoms with Gasteiger partial charge in [0.1, 0.15) is 11.8 Å². The summed E-state index contributed by atoms with van der Waals surface area (Å²) in [5.74, 6) is -0.0338. The second kappa shape index (κ2) is 12.9. The maximum Gasteiger partial charge on any atom is 0.338 e. The van der Waals surface area contributed by atoms with E-state index in [1.807, 2.05) is 48.5 Å². The van der Waals surface area contributed by atoms with Crippen LogP contribution in [0.3, 0.4) is 0 Å². The number of nitriles is 1. The second-order valence-corrected chi connectivity index (χ2v) is 12.6. The van der Waals surface area contributed by atoms with Crippen LogP contribution >= 0.6 is 68.1 Å². The van der Waals surface area contributed by atoms with Gasteiger partial charge in [0, 0.05) is 19.7 Å². The zero-order valence-electron chi connectivity index (χ0n) is 21.4. The number of aromatic nitrogens is 1. The van der Waals surface area contributed by atoms with Gasteiger partial charge in [-0.15, -0.1) is 0 Å². The molecule has 0 amide bonds. The van der Waals surface area contributed by atoms with Gasteiger partial charge in [-0.1, -0.05) is 65.4 Å². The van der Waals surface area contributed by atoms with E-state index in [9.17, 15) is 9.59 Å². The molecule has 11 heteroatoms. The molecule has 0 radical (unpaired) electrons. The molecule has 4 aromatic rings. The molecule has 5 rings (SSSR count). The van der Waals surface area contributed by atoms with E-state index in [1.165, 1.54) is 15.9 Å². The third kappa shape index (κ3) is 6.13. The Balaban J connectivity index is 1.82. The molecule has 206 valence electrons. The van der Waals surface area contributed by atoms with Crippen molar-refractivity contribution in [2.75, 3.05) is 13.2 Å². The molecule has 1 aromatic heterocycles. The Bertz CT molecular complexity index is 1900. The molecule has 0 fully saturated rings. The van der Waals surface area contributed by atoms with Crippen LogP contribution in [0.2, 0.25) is 5.02 Å². The summed E-state index contributed by atoms with van der Waals surface area (Å²) >= 11 is 11.8. The zero-order valence-corrected chi connectivity index (χ0v) is 27.3. The van der Waals surface area contributed by atoms with Crippen LogP contribution in [0, 0.1) is 18.5 Å². The van der Waals surface area contributed by atoms with Gasteiger partial charge in [-0.05, 0) is 88.0 Å². The van der Waals surface area contributed by atoms with Gasteiger partial charge in [0.05, 0.1) is 32.0 Å². The average molecular weight is 808 g/mol. The molecule has 1 aliphatic rings. The zero-order chi connectivity index (χ0) is 29.1. The molecule has 2 heterocycles. The Morgan fingerprint density at radius 2 is 1.90 bits per heavy atom. The van der Waals surface area contributed by atoms with Gasteiger partial charge in [-0.3, -0.25) is 9.36 Å². The summed E-state index contributed by atoms with van der Waals surface area (Å²) in [6.45, 7) is 1.78. The first-order chi connectivity index (χ1) is 19.8. The van der Waals surface area contributed by atoms with Gasteiger partial charge in [-0.2, -0.15) is 5.26 Å². The van der Waals surface area contributed by atoms with Crippen LogP contribution in [0.15, 0.2) is 82.1 Å². The predicted octanol–water partition coefficient (Wildman–Crippen LogP) is 5.70. The SMILES string of the molecule is CCOC(=O)C1=C(c2ccccc2)N=c2s/c(=C\c3cc(I)cc(I)c3OCC#N)c(=O)n2[C@@H]1c1ccc(Cl)cc1. The molecule has 0 unspecified atom stereocenters. The van der Waals surface area contributed by atoms with Crippen molar-refractivity contribution in [3.8, 4) is 11.8 Å². The van der Waals surface area contributed by atoms with Gasteiger partial charge in [0.15, 0.2) is 11.4 Å². The molecule has 0 saturated carbocycles. The number of carbonyl (C=O) groups excluding carboxylic acids is 1. The van der Waals surface area contributed by atoms with Crippen molar-refractivity contribution >= 4 is 85.9 Å². The lowest BCUT2D eigenvalue weighted by atomic mass is 9.93. The van der Waals surface area contributed by atoms with Gasteiger partial charge in [0.2, 0.25) is 0 Å². The molecule has 0 aliphatic carbocycles. The lowest BCUT2D eigenvalue weighted by Gasteiger charge is -2.26. The molecule has 41 heavy (non-hydrogen) atoms. The van der Waals surface area contributed by atoms with Crippen LogP contribution in [0.25, 0.3) is 11.8 Å². The van der Waals surface area contributed by atoms with Gasteiger partial charge in [-0.25, -0.2) is 9.79 Å². The fourth-order valence-corrected chi connectivity index (χ4v) is 7.65. The summed E-state index contributed by atoms with van der Waals surface area (Å²) in [6.07, 6.45) is 1.75. The molecular formula is C30H20ClI2N3O4S. The van der Waals surface area contributed by atoms with E-state index < -0.39 is 12.0 Å². The lowest BCUT2D eigenvalue weighted by Crippen LogP contribution is -2.40. The molecule has 0 N–H and O–H groups in total. The van der Waals surface area contributed by atoms with E-state index in [4.69, 9.17) is 31.3 Å². The van der Waals surface area contributed by atoms with Crippen LogP contribution in [0.1, 0.15) is 29.7 Å². The monoisotopic (exact) mass is 807 g/mol. The van der Waals surface area contributed by atoms with Crippen molar-refractivity contribution in [2.24, 2.45) is 4.99 Å². The predicted molar refractivity (Wildman–Crippen MR) is 175 cm³/mol. The first-order valence-corrected chi connectivity index (χ1v) is 15.7. The highest BCUT2D eigenvalue weighted by Gasteiger charge is 2.35. The number of ether oxygens (including phenoxy) is 2. The van der Waals surface area contributed by atoms with E-state index in [0.29, 0.717) is 36.9 Å². The Labute approximate surface area is 271 Å². The van der Waals surface area contributed by atoms with Crippen molar-refractivity contribution in [2.45, 2.75) is 13.0 Å². The number of benzene rings is 3. The van der Waals surface area contributed by atoms with Gasteiger partial charge < -0.3 is 9.47 Å². The minimum atomic E-state index is -0.801. The van der Waals surface area contributed by atoms with Crippen LogP contribution in [-0.2, 0) is 9.53 Å². The van der Waals surface area contributed by atoms with Crippen molar-refractivity contribution in [1.29, 1.82) is 5.26 Å². The smallest absolute Gasteiger partial charge is 0.338 e. The number of hydrogen-bond donors (Lipinski definition) is 0. The summed E-state index contributed by atoms with van der Waals surface area (Å²) in [5, 5.41) is 9.62. The standard InChI is InChI=1S/C30H20ClI2N3O4S/c1-2-39-29(38)24-25(17-6-4-3-5-7-17)35-30-36(26(24)18-8-10-20(31)11-9-18)28(37)23(41-30)15-19-14-21(32)16-22(33)27(19)40-13-12-34/h3-11,14-16,26H,2,13H2,1H3/b23-15-/t26-/m1/s1. The Morgan fingerprint density at radius 3 is 2.59 bits per heavy atom.